The maximum Gasteiger partial charge on any atom is 0.338 e. The maximum atomic E-state index is 11.7. The molecule has 4 heteroatoms. The molecule has 0 fully saturated rings. The Morgan fingerprint density at radius 3 is 2.89 bits per heavy atom. The van der Waals surface area contributed by atoms with Crippen molar-refractivity contribution in [2.75, 3.05) is 6.61 Å². The van der Waals surface area contributed by atoms with Crippen LogP contribution in [0.5, 0.6) is 0 Å². The highest BCUT2D eigenvalue weighted by Gasteiger charge is 2.24. The Kier molecular flexibility index (Phi) is 4.75. The van der Waals surface area contributed by atoms with E-state index in [2.05, 4.69) is 15.9 Å². The number of rotatable bonds is 5. The van der Waals surface area contributed by atoms with E-state index in [9.17, 15) is 9.59 Å². The minimum Gasteiger partial charge on any atom is -0.462 e. The molecular formula is C15H17BrO3. The molecule has 2 rings (SSSR count). The molecule has 0 saturated carbocycles. The summed E-state index contributed by atoms with van der Waals surface area (Å²) in [7, 11) is 0. The van der Waals surface area contributed by atoms with Crippen LogP contribution < -0.4 is 0 Å². The van der Waals surface area contributed by atoms with Crippen LogP contribution in [0.3, 0.4) is 0 Å². The summed E-state index contributed by atoms with van der Waals surface area (Å²) in [6.45, 7) is 2.19. The van der Waals surface area contributed by atoms with Crippen LogP contribution in [-0.4, -0.2) is 23.7 Å². The molecule has 19 heavy (non-hydrogen) atoms. The van der Waals surface area contributed by atoms with Gasteiger partial charge in [-0.05, 0) is 55.4 Å². The first-order chi connectivity index (χ1) is 9.13. The average molecular weight is 325 g/mol. The molecule has 1 aliphatic rings. The number of benzene rings is 1. The molecular weight excluding hydrogens is 308 g/mol. The molecule has 2 atom stereocenters. The lowest BCUT2D eigenvalue weighted by atomic mass is 10.0. The van der Waals surface area contributed by atoms with E-state index < -0.39 is 0 Å². The molecule has 1 aliphatic carbocycles. The van der Waals surface area contributed by atoms with Gasteiger partial charge in [-0.3, -0.25) is 0 Å². The van der Waals surface area contributed by atoms with Gasteiger partial charge in [-0.1, -0.05) is 22.0 Å². The SMILES string of the molecule is CCOC(=O)c1ccc2c(c1)C[C@@H](C[C@@H](Br)C=O)C2. The van der Waals surface area contributed by atoms with Crippen LogP contribution in [-0.2, 0) is 22.4 Å². The molecule has 3 nitrogen and oxygen atoms in total. The third kappa shape index (κ3) is 3.44. The predicted octanol–water partition coefficient (Wildman–Crippen LogP) is 2.93. The standard InChI is InChI=1S/C15H17BrO3/c1-2-19-15(18)12-4-3-11-5-10(6-13(11)8-12)7-14(16)9-17/h3-4,8-10,14H,2,5-7H2,1H3/t10-,14+/m0/s1. The zero-order valence-electron chi connectivity index (χ0n) is 10.9. The summed E-state index contributed by atoms with van der Waals surface area (Å²) in [6.07, 6.45) is 3.69. The van der Waals surface area contributed by atoms with E-state index >= 15 is 0 Å². The molecule has 0 aliphatic heterocycles. The van der Waals surface area contributed by atoms with Crippen molar-refractivity contribution in [1.29, 1.82) is 0 Å². The Hall–Kier alpha value is -1.16. The van der Waals surface area contributed by atoms with Gasteiger partial charge >= 0.3 is 5.97 Å². The van der Waals surface area contributed by atoms with Crippen LogP contribution in [0.2, 0.25) is 0 Å². The number of aldehydes is 1. The van der Waals surface area contributed by atoms with Crippen molar-refractivity contribution in [1.82, 2.24) is 0 Å². The number of carbonyl (C=O) groups excluding carboxylic acids is 2. The second kappa shape index (κ2) is 6.33. The van der Waals surface area contributed by atoms with Gasteiger partial charge in [0.05, 0.1) is 17.0 Å². The minimum absolute atomic E-state index is 0.0728. The Morgan fingerprint density at radius 2 is 2.21 bits per heavy atom. The van der Waals surface area contributed by atoms with Crippen molar-refractivity contribution in [3.63, 3.8) is 0 Å². The van der Waals surface area contributed by atoms with E-state index in [1.54, 1.807) is 6.92 Å². The number of fused-ring (bicyclic) bond motifs is 1. The molecule has 0 bridgehead atoms. The largest absolute Gasteiger partial charge is 0.462 e. The topological polar surface area (TPSA) is 43.4 Å². The van der Waals surface area contributed by atoms with E-state index in [1.807, 2.05) is 18.2 Å². The predicted molar refractivity (Wildman–Crippen MR) is 76.7 cm³/mol. The quantitative estimate of drug-likeness (QED) is 0.475. The molecule has 102 valence electrons. The summed E-state index contributed by atoms with van der Waals surface area (Å²) in [5, 5.41) is 0. The second-order valence-corrected chi connectivity index (χ2v) is 6.04. The van der Waals surface area contributed by atoms with E-state index in [0.717, 1.165) is 25.5 Å². The number of ether oxygens (including phenoxy) is 1. The summed E-state index contributed by atoms with van der Waals surface area (Å²) in [5.41, 5.74) is 3.11. The average Bonchev–Trinajstić information content (AvgIpc) is 2.79. The van der Waals surface area contributed by atoms with E-state index in [4.69, 9.17) is 4.74 Å². The summed E-state index contributed by atoms with van der Waals surface area (Å²) in [6, 6.07) is 5.76. The smallest absolute Gasteiger partial charge is 0.338 e. The molecule has 1 aromatic carbocycles. The fourth-order valence-electron chi connectivity index (χ4n) is 2.59. The van der Waals surface area contributed by atoms with Crippen LogP contribution in [0.15, 0.2) is 18.2 Å². The highest BCUT2D eigenvalue weighted by atomic mass is 79.9. The fraction of sp³-hybridized carbons (Fsp3) is 0.467. The number of carbonyl (C=O) groups is 2. The number of alkyl halides is 1. The normalized spacial score (nSPS) is 18.7. The van der Waals surface area contributed by atoms with Gasteiger partial charge in [-0.2, -0.15) is 0 Å². The molecule has 0 aromatic heterocycles. The first kappa shape index (κ1) is 14.3. The van der Waals surface area contributed by atoms with Gasteiger partial charge in [0, 0.05) is 0 Å². The van der Waals surface area contributed by atoms with E-state index in [-0.39, 0.29) is 10.8 Å². The van der Waals surface area contributed by atoms with Crippen molar-refractivity contribution in [2.45, 2.75) is 31.0 Å². The van der Waals surface area contributed by atoms with Gasteiger partial charge in [-0.15, -0.1) is 0 Å². The molecule has 1 aromatic rings. The van der Waals surface area contributed by atoms with Crippen LogP contribution in [0.4, 0.5) is 0 Å². The number of hydrogen-bond donors (Lipinski definition) is 0. The summed E-state index contributed by atoms with van der Waals surface area (Å²) >= 11 is 3.35. The summed E-state index contributed by atoms with van der Waals surface area (Å²) in [5.74, 6) is 0.210. The monoisotopic (exact) mass is 324 g/mol. The highest BCUT2D eigenvalue weighted by molar-refractivity contribution is 9.09. The molecule has 0 spiro atoms. The third-order valence-corrected chi connectivity index (χ3v) is 4.03. The van der Waals surface area contributed by atoms with Gasteiger partial charge in [-0.25, -0.2) is 4.79 Å². The van der Waals surface area contributed by atoms with E-state index in [1.165, 1.54) is 11.1 Å². The van der Waals surface area contributed by atoms with Crippen molar-refractivity contribution in [3.8, 4) is 0 Å². The molecule has 0 amide bonds. The molecule has 0 heterocycles. The fourth-order valence-corrected chi connectivity index (χ4v) is 3.12. The van der Waals surface area contributed by atoms with Crippen molar-refractivity contribution < 1.29 is 14.3 Å². The Balaban J connectivity index is 2.07. The second-order valence-electron chi connectivity index (χ2n) is 4.87. The van der Waals surface area contributed by atoms with Gasteiger partial charge in [0.2, 0.25) is 0 Å². The molecule has 0 saturated heterocycles. The maximum absolute atomic E-state index is 11.7. The van der Waals surface area contributed by atoms with Crippen LogP contribution in [0.1, 0.15) is 34.8 Å². The van der Waals surface area contributed by atoms with Crippen LogP contribution in [0, 0.1) is 5.92 Å². The van der Waals surface area contributed by atoms with Crippen molar-refractivity contribution in [3.05, 3.63) is 34.9 Å². The lowest BCUT2D eigenvalue weighted by Gasteiger charge is -2.09. The zero-order valence-corrected chi connectivity index (χ0v) is 12.5. The number of esters is 1. The Morgan fingerprint density at radius 1 is 1.47 bits per heavy atom. The third-order valence-electron chi connectivity index (χ3n) is 3.44. The molecule has 0 N–H and O–H groups in total. The summed E-state index contributed by atoms with van der Waals surface area (Å²) < 4.78 is 5.00. The molecule has 0 radical (unpaired) electrons. The van der Waals surface area contributed by atoms with Gasteiger partial charge in [0.15, 0.2) is 0 Å². The van der Waals surface area contributed by atoms with E-state index in [0.29, 0.717) is 18.1 Å². The first-order valence-corrected chi connectivity index (χ1v) is 7.44. The zero-order chi connectivity index (χ0) is 13.8. The Labute approximate surface area is 121 Å². The van der Waals surface area contributed by atoms with Gasteiger partial charge in [0.1, 0.15) is 6.29 Å². The van der Waals surface area contributed by atoms with Crippen LogP contribution >= 0.6 is 15.9 Å². The lowest BCUT2D eigenvalue weighted by Crippen LogP contribution is -2.09. The minimum atomic E-state index is -0.264. The Bertz CT molecular complexity index is 484. The first-order valence-electron chi connectivity index (χ1n) is 6.52. The van der Waals surface area contributed by atoms with Crippen molar-refractivity contribution >= 4 is 28.2 Å². The van der Waals surface area contributed by atoms with Gasteiger partial charge < -0.3 is 9.53 Å². The van der Waals surface area contributed by atoms with Crippen LogP contribution in [0.25, 0.3) is 0 Å². The lowest BCUT2D eigenvalue weighted by molar-refractivity contribution is -0.107. The number of halogens is 1. The molecule has 0 unspecified atom stereocenters. The highest BCUT2D eigenvalue weighted by Crippen LogP contribution is 2.31. The summed E-state index contributed by atoms with van der Waals surface area (Å²) in [4.78, 5) is 22.3. The number of hydrogen-bond acceptors (Lipinski definition) is 3. The van der Waals surface area contributed by atoms with Gasteiger partial charge in [0.25, 0.3) is 0 Å². The van der Waals surface area contributed by atoms with Crippen molar-refractivity contribution in [2.24, 2.45) is 5.92 Å².